The molecule has 30 heavy (non-hydrogen) atoms. The first-order valence-corrected chi connectivity index (χ1v) is 9.75. The molecule has 0 bridgehead atoms. The van der Waals surface area contributed by atoms with Crippen LogP contribution in [0.3, 0.4) is 0 Å². The van der Waals surface area contributed by atoms with Gasteiger partial charge in [0.2, 0.25) is 11.8 Å². The van der Waals surface area contributed by atoms with E-state index in [1.165, 1.54) is 12.1 Å². The molecule has 1 aromatic carbocycles. The summed E-state index contributed by atoms with van der Waals surface area (Å²) in [6.45, 7) is 1.06. The molecule has 0 radical (unpaired) electrons. The molecular weight excluding hydrogens is 389 g/mol. The van der Waals surface area contributed by atoms with Crippen molar-refractivity contribution in [2.45, 2.75) is 25.3 Å². The number of nitrogens with one attached hydrogen (secondary N) is 1. The summed E-state index contributed by atoms with van der Waals surface area (Å²) in [5.74, 6) is 0.564. The Hall–Kier alpha value is -3.07. The van der Waals surface area contributed by atoms with Gasteiger partial charge in [-0.25, -0.2) is 14.4 Å². The Morgan fingerprint density at radius 1 is 1.33 bits per heavy atom. The van der Waals surface area contributed by atoms with Crippen LogP contribution in [-0.4, -0.2) is 61.0 Å². The fourth-order valence-electron chi connectivity index (χ4n) is 3.38. The van der Waals surface area contributed by atoms with Crippen LogP contribution in [0.5, 0.6) is 0 Å². The molecule has 0 spiro atoms. The third kappa shape index (κ3) is 5.10. The van der Waals surface area contributed by atoms with E-state index in [1.54, 1.807) is 43.1 Å². The van der Waals surface area contributed by atoms with Gasteiger partial charge in [0.05, 0.1) is 25.3 Å². The van der Waals surface area contributed by atoms with Crippen LogP contribution in [0.2, 0.25) is 0 Å². The summed E-state index contributed by atoms with van der Waals surface area (Å²) >= 11 is 0. The van der Waals surface area contributed by atoms with Gasteiger partial charge in [0, 0.05) is 51.8 Å². The van der Waals surface area contributed by atoms with E-state index in [2.05, 4.69) is 15.3 Å². The molecule has 3 rings (SSSR count). The highest BCUT2D eigenvalue weighted by Gasteiger charge is 2.33. The van der Waals surface area contributed by atoms with Gasteiger partial charge >= 0.3 is 0 Å². The average Bonchev–Trinajstić information content (AvgIpc) is 3.13. The molecule has 0 saturated carbocycles. The second-order valence-corrected chi connectivity index (χ2v) is 7.22. The van der Waals surface area contributed by atoms with Gasteiger partial charge in [-0.05, 0) is 24.3 Å². The van der Waals surface area contributed by atoms with E-state index in [0.717, 1.165) is 5.69 Å². The third-order valence-corrected chi connectivity index (χ3v) is 5.05. The standard InChI is InChI=1S/C21H26FN5O3/c1-23-18-11-17(24-19(25-18)13-26(2)20(28)8-9-30-3)14-10-21(29)27(12-14)16-6-4-15(22)5-7-16/h4-7,11,14H,8-10,12-13H2,1-3H3,(H,23,24,25). The predicted molar refractivity (Wildman–Crippen MR) is 111 cm³/mol. The number of hydrogen-bond donors (Lipinski definition) is 1. The van der Waals surface area contributed by atoms with Crippen LogP contribution < -0.4 is 10.2 Å². The monoisotopic (exact) mass is 415 g/mol. The molecule has 1 N–H and O–H groups in total. The quantitative estimate of drug-likeness (QED) is 0.711. The Kier molecular flexibility index (Phi) is 6.94. The summed E-state index contributed by atoms with van der Waals surface area (Å²) in [5, 5.41) is 3.01. The number of aromatic nitrogens is 2. The summed E-state index contributed by atoms with van der Waals surface area (Å²) < 4.78 is 18.2. The minimum atomic E-state index is -0.342. The Labute approximate surface area is 175 Å². The second-order valence-electron chi connectivity index (χ2n) is 7.22. The molecule has 160 valence electrons. The first-order chi connectivity index (χ1) is 14.4. The molecule has 9 heteroatoms. The Morgan fingerprint density at radius 3 is 2.73 bits per heavy atom. The highest BCUT2D eigenvalue weighted by molar-refractivity contribution is 5.96. The lowest BCUT2D eigenvalue weighted by atomic mass is 10.0. The molecule has 1 atom stereocenters. The molecule has 1 aromatic heterocycles. The predicted octanol–water partition coefficient (Wildman–Crippen LogP) is 2.17. The molecule has 1 aliphatic rings. The molecule has 1 fully saturated rings. The van der Waals surface area contributed by atoms with Crippen molar-refractivity contribution in [2.24, 2.45) is 0 Å². The number of carbonyl (C=O) groups excluding carboxylic acids is 2. The van der Waals surface area contributed by atoms with E-state index >= 15 is 0 Å². The lowest BCUT2D eigenvalue weighted by Crippen LogP contribution is -2.28. The lowest BCUT2D eigenvalue weighted by Gasteiger charge is -2.19. The van der Waals surface area contributed by atoms with Crippen LogP contribution in [0.15, 0.2) is 30.3 Å². The number of nitrogens with zero attached hydrogens (tertiary/aromatic N) is 4. The Balaban J connectivity index is 1.77. The van der Waals surface area contributed by atoms with Crippen molar-refractivity contribution < 1.29 is 18.7 Å². The molecule has 2 amide bonds. The number of hydrogen-bond acceptors (Lipinski definition) is 6. The molecule has 0 aliphatic carbocycles. The highest BCUT2D eigenvalue weighted by atomic mass is 19.1. The summed E-state index contributed by atoms with van der Waals surface area (Å²) in [7, 11) is 5.01. The lowest BCUT2D eigenvalue weighted by molar-refractivity contribution is -0.131. The Bertz CT molecular complexity index is 906. The van der Waals surface area contributed by atoms with E-state index in [1.807, 2.05) is 6.07 Å². The van der Waals surface area contributed by atoms with E-state index < -0.39 is 0 Å². The summed E-state index contributed by atoms with van der Waals surface area (Å²) in [6.07, 6.45) is 0.592. The molecule has 8 nitrogen and oxygen atoms in total. The minimum absolute atomic E-state index is 0.0374. The third-order valence-electron chi connectivity index (χ3n) is 5.05. The molecule has 2 heterocycles. The molecular formula is C21H26FN5O3. The fourth-order valence-corrected chi connectivity index (χ4v) is 3.38. The Morgan fingerprint density at radius 2 is 2.07 bits per heavy atom. The van der Waals surface area contributed by atoms with E-state index in [4.69, 9.17) is 4.74 Å². The number of carbonyl (C=O) groups is 2. The number of ether oxygens (including phenoxy) is 1. The van der Waals surface area contributed by atoms with Crippen LogP contribution in [-0.2, 0) is 20.9 Å². The van der Waals surface area contributed by atoms with Gasteiger partial charge in [-0.1, -0.05) is 0 Å². The van der Waals surface area contributed by atoms with Crippen LogP contribution >= 0.6 is 0 Å². The molecule has 1 aliphatic heterocycles. The van der Waals surface area contributed by atoms with Crippen molar-refractivity contribution in [3.8, 4) is 0 Å². The summed E-state index contributed by atoms with van der Waals surface area (Å²) in [6, 6.07) is 7.70. The van der Waals surface area contributed by atoms with Crippen molar-refractivity contribution in [1.29, 1.82) is 0 Å². The van der Waals surface area contributed by atoms with Gasteiger partial charge in [-0.15, -0.1) is 0 Å². The van der Waals surface area contributed by atoms with Crippen LogP contribution in [0.25, 0.3) is 0 Å². The zero-order valence-corrected chi connectivity index (χ0v) is 17.4. The first kappa shape index (κ1) is 21.6. The first-order valence-electron chi connectivity index (χ1n) is 9.75. The summed E-state index contributed by atoms with van der Waals surface area (Å²) in [4.78, 5) is 37.0. The fraction of sp³-hybridized carbons (Fsp3) is 0.429. The number of benzene rings is 1. The molecule has 1 unspecified atom stereocenters. The normalized spacial score (nSPS) is 16.1. The number of amides is 2. The number of anilines is 2. The van der Waals surface area contributed by atoms with Crippen LogP contribution in [0.1, 0.15) is 30.3 Å². The maximum absolute atomic E-state index is 13.2. The topological polar surface area (TPSA) is 87.7 Å². The van der Waals surface area contributed by atoms with Crippen molar-refractivity contribution in [1.82, 2.24) is 14.9 Å². The molecule has 1 saturated heterocycles. The number of methoxy groups -OCH3 is 1. The van der Waals surface area contributed by atoms with Gasteiger partial charge in [-0.3, -0.25) is 9.59 Å². The van der Waals surface area contributed by atoms with E-state index in [0.29, 0.717) is 36.9 Å². The minimum Gasteiger partial charge on any atom is -0.384 e. The number of rotatable bonds is 8. The van der Waals surface area contributed by atoms with Crippen molar-refractivity contribution in [3.63, 3.8) is 0 Å². The molecule has 2 aromatic rings. The van der Waals surface area contributed by atoms with Crippen molar-refractivity contribution >= 4 is 23.3 Å². The largest absolute Gasteiger partial charge is 0.384 e. The maximum Gasteiger partial charge on any atom is 0.227 e. The zero-order chi connectivity index (χ0) is 21.7. The van der Waals surface area contributed by atoms with Gasteiger partial charge in [0.1, 0.15) is 17.5 Å². The smallest absolute Gasteiger partial charge is 0.227 e. The summed E-state index contributed by atoms with van der Waals surface area (Å²) in [5.41, 5.74) is 1.40. The zero-order valence-electron chi connectivity index (χ0n) is 17.4. The number of halogens is 1. The average molecular weight is 415 g/mol. The SMILES string of the molecule is CNc1cc(C2CC(=O)N(c3ccc(F)cc3)C2)nc(CN(C)C(=O)CCOC)n1. The van der Waals surface area contributed by atoms with E-state index in [9.17, 15) is 14.0 Å². The van der Waals surface area contributed by atoms with Gasteiger partial charge < -0.3 is 19.9 Å². The maximum atomic E-state index is 13.2. The second kappa shape index (κ2) is 9.62. The van der Waals surface area contributed by atoms with Gasteiger partial charge in [0.25, 0.3) is 0 Å². The van der Waals surface area contributed by atoms with Crippen molar-refractivity contribution in [3.05, 3.63) is 47.7 Å². The van der Waals surface area contributed by atoms with E-state index in [-0.39, 0.29) is 36.5 Å². The van der Waals surface area contributed by atoms with Crippen LogP contribution in [0.4, 0.5) is 15.9 Å². The van der Waals surface area contributed by atoms with Gasteiger partial charge in [-0.2, -0.15) is 0 Å². The van der Waals surface area contributed by atoms with Gasteiger partial charge in [0.15, 0.2) is 0 Å². The highest BCUT2D eigenvalue weighted by Crippen LogP contribution is 2.31. The van der Waals surface area contributed by atoms with Crippen molar-refractivity contribution in [2.75, 3.05) is 44.6 Å². The van der Waals surface area contributed by atoms with Crippen LogP contribution in [0, 0.1) is 5.82 Å².